The van der Waals surface area contributed by atoms with Crippen molar-refractivity contribution >= 4 is 5.78 Å². The van der Waals surface area contributed by atoms with Gasteiger partial charge in [-0.2, -0.15) is 0 Å². The van der Waals surface area contributed by atoms with Gasteiger partial charge in [-0.1, -0.05) is 54.6 Å². The number of carbonyl (C=O) groups excluding carboxylic acids is 1. The van der Waals surface area contributed by atoms with Crippen molar-refractivity contribution in [2.75, 3.05) is 33.4 Å². The van der Waals surface area contributed by atoms with E-state index < -0.39 is 0 Å². The molecule has 6 nitrogen and oxygen atoms in total. The van der Waals surface area contributed by atoms with Crippen LogP contribution in [0.25, 0.3) is 0 Å². The van der Waals surface area contributed by atoms with Crippen LogP contribution in [-0.4, -0.2) is 45.3 Å². The molecule has 1 heterocycles. The minimum atomic E-state index is -0.296. The zero-order chi connectivity index (χ0) is 24.3. The Bertz CT molecular complexity index is 1040. The van der Waals surface area contributed by atoms with Crippen LogP contribution in [0.15, 0.2) is 78.9 Å². The predicted octanol–water partition coefficient (Wildman–Crippen LogP) is 4.52. The summed E-state index contributed by atoms with van der Waals surface area (Å²) in [6.45, 7) is 3.26. The van der Waals surface area contributed by atoms with Crippen LogP contribution in [0.2, 0.25) is 0 Å². The summed E-state index contributed by atoms with van der Waals surface area (Å²) >= 11 is 0. The van der Waals surface area contributed by atoms with E-state index in [9.17, 15) is 4.79 Å². The van der Waals surface area contributed by atoms with Crippen molar-refractivity contribution in [3.63, 3.8) is 0 Å². The molecular formula is C29H33NO5. The van der Waals surface area contributed by atoms with Crippen LogP contribution in [0, 0.1) is 0 Å². The molecule has 3 aromatic rings. The summed E-state index contributed by atoms with van der Waals surface area (Å²) in [4.78, 5) is 12.8. The minimum absolute atomic E-state index is 0.139. The van der Waals surface area contributed by atoms with Gasteiger partial charge < -0.3 is 24.3 Å². The smallest absolute Gasteiger partial charge is 0.156 e. The predicted molar refractivity (Wildman–Crippen MR) is 135 cm³/mol. The molecule has 1 aliphatic heterocycles. The maximum atomic E-state index is 12.8. The van der Waals surface area contributed by atoms with Crippen molar-refractivity contribution < 1.29 is 23.7 Å². The molecule has 1 aliphatic rings. The first kappa shape index (κ1) is 24.9. The first-order valence-electron chi connectivity index (χ1n) is 12.1. The summed E-state index contributed by atoms with van der Waals surface area (Å²) in [6, 6.07) is 25.7. The fourth-order valence-corrected chi connectivity index (χ4v) is 4.14. The summed E-state index contributed by atoms with van der Waals surface area (Å²) in [5.41, 5.74) is 3.16. The van der Waals surface area contributed by atoms with E-state index in [4.69, 9.17) is 18.9 Å². The van der Waals surface area contributed by atoms with Gasteiger partial charge in [0.1, 0.15) is 11.5 Å². The molecule has 0 radical (unpaired) electrons. The molecule has 6 heteroatoms. The van der Waals surface area contributed by atoms with E-state index >= 15 is 0 Å². The molecule has 0 spiro atoms. The summed E-state index contributed by atoms with van der Waals surface area (Å²) in [7, 11) is 1.65. The Morgan fingerprint density at radius 3 is 2.29 bits per heavy atom. The molecule has 3 aromatic carbocycles. The average Bonchev–Trinajstić information content (AvgIpc) is 2.91. The van der Waals surface area contributed by atoms with E-state index in [-0.39, 0.29) is 17.8 Å². The molecule has 0 saturated carbocycles. The van der Waals surface area contributed by atoms with Crippen LogP contribution in [0.1, 0.15) is 29.0 Å². The summed E-state index contributed by atoms with van der Waals surface area (Å²) in [6.07, 6.45) is 0.578. The second-order valence-corrected chi connectivity index (χ2v) is 8.58. The number of rotatable bonds is 12. The van der Waals surface area contributed by atoms with E-state index in [0.29, 0.717) is 39.5 Å². The third kappa shape index (κ3) is 7.39. The molecule has 1 fully saturated rings. The van der Waals surface area contributed by atoms with Crippen LogP contribution < -0.4 is 14.8 Å². The van der Waals surface area contributed by atoms with Crippen LogP contribution in [0.5, 0.6) is 11.5 Å². The molecule has 4 rings (SSSR count). The van der Waals surface area contributed by atoms with Crippen molar-refractivity contribution in [3.8, 4) is 11.5 Å². The third-order valence-electron chi connectivity index (χ3n) is 6.04. The second-order valence-electron chi connectivity index (χ2n) is 8.58. The molecule has 0 aromatic heterocycles. The molecule has 35 heavy (non-hydrogen) atoms. The molecule has 0 aliphatic carbocycles. The van der Waals surface area contributed by atoms with Crippen molar-refractivity contribution in [1.29, 1.82) is 0 Å². The molecule has 0 amide bonds. The lowest BCUT2D eigenvalue weighted by Crippen LogP contribution is -2.47. The molecule has 0 bridgehead atoms. The number of hydrogen-bond acceptors (Lipinski definition) is 6. The van der Waals surface area contributed by atoms with Gasteiger partial charge in [0.15, 0.2) is 5.78 Å². The second kappa shape index (κ2) is 13.0. The first-order chi connectivity index (χ1) is 17.2. The van der Waals surface area contributed by atoms with E-state index in [1.54, 1.807) is 7.11 Å². The zero-order valence-corrected chi connectivity index (χ0v) is 20.2. The van der Waals surface area contributed by atoms with Gasteiger partial charge in [-0.3, -0.25) is 4.79 Å². The number of ether oxygens (including phenoxy) is 4. The number of ketones is 1. The van der Waals surface area contributed by atoms with Gasteiger partial charge >= 0.3 is 0 Å². The number of carbonyl (C=O) groups is 1. The Balaban J connectivity index is 1.25. The van der Waals surface area contributed by atoms with Crippen LogP contribution >= 0.6 is 0 Å². The maximum Gasteiger partial charge on any atom is 0.156 e. The van der Waals surface area contributed by atoms with Gasteiger partial charge in [-0.25, -0.2) is 0 Å². The Hall–Kier alpha value is -3.19. The van der Waals surface area contributed by atoms with Crippen LogP contribution in [0.4, 0.5) is 0 Å². The first-order valence-corrected chi connectivity index (χ1v) is 12.1. The van der Waals surface area contributed by atoms with Gasteiger partial charge in [0.05, 0.1) is 52.1 Å². The molecule has 2 atom stereocenters. The summed E-state index contributed by atoms with van der Waals surface area (Å²) in [5.74, 6) is 1.44. The van der Waals surface area contributed by atoms with E-state index in [1.807, 2.05) is 66.7 Å². The number of Topliss-reactive ketones (excluding diaryl/α,β-unsaturated/α-hetero) is 1. The minimum Gasteiger partial charge on any atom is -0.497 e. The number of benzene rings is 3. The maximum absolute atomic E-state index is 12.8. The van der Waals surface area contributed by atoms with Crippen molar-refractivity contribution in [2.45, 2.75) is 31.7 Å². The van der Waals surface area contributed by atoms with Crippen LogP contribution in [-0.2, 0) is 27.5 Å². The summed E-state index contributed by atoms with van der Waals surface area (Å²) in [5, 5.41) is 3.17. The van der Waals surface area contributed by atoms with Crippen molar-refractivity contribution in [3.05, 3.63) is 95.6 Å². The highest BCUT2D eigenvalue weighted by molar-refractivity contribution is 5.89. The lowest BCUT2D eigenvalue weighted by atomic mass is 9.86. The largest absolute Gasteiger partial charge is 0.497 e. The molecule has 184 valence electrons. The van der Waals surface area contributed by atoms with Gasteiger partial charge in [-0.15, -0.1) is 0 Å². The lowest BCUT2D eigenvalue weighted by Gasteiger charge is -2.31. The number of hydrogen-bond donors (Lipinski definition) is 1. The molecule has 1 saturated heterocycles. The SMILES string of the molecule is COc1ccc(COC2CNCC(=O)C2c2ccc(OCCCOCc3ccccc3)cc2)cc1. The Morgan fingerprint density at radius 1 is 0.829 bits per heavy atom. The Kier molecular flexibility index (Phi) is 9.29. The monoisotopic (exact) mass is 475 g/mol. The van der Waals surface area contributed by atoms with Gasteiger partial charge in [0.25, 0.3) is 0 Å². The Morgan fingerprint density at radius 2 is 1.54 bits per heavy atom. The fraction of sp³-hybridized carbons (Fsp3) is 0.345. The normalized spacial score (nSPS) is 17.8. The Labute approximate surface area is 207 Å². The molecular weight excluding hydrogens is 442 g/mol. The lowest BCUT2D eigenvalue weighted by molar-refractivity contribution is -0.126. The number of piperidine rings is 1. The highest BCUT2D eigenvalue weighted by Crippen LogP contribution is 2.28. The van der Waals surface area contributed by atoms with Gasteiger partial charge in [-0.05, 0) is 41.0 Å². The van der Waals surface area contributed by atoms with Gasteiger partial charge in [0.2, 0.25) is 0 Å². The third-order valence-corrected chi connectivity index (χ3v) is 6.04. The standard InChI is InChI=1S/C29H33NO5/c1-32-25-12-8-23(9-13-25)21-35-28-19-30-18-27(31)29(28)24-10-14-26(15-11-24)34-17-5-16-33-20-22-6-3-2-4-7-22/h2-4,6-15,28-30H,5,16-21H2,1H3. The van der Waals surface area contributed by atoms with E-state index in [2.05, 4.69) is 17.4 Å². The van der Waals surface area contributed by atoms with Gasteiger partial charge in [0, 0.05) is 13.0 Å². The topological polar surface area (TPSA) is 66.0 Å². The molecule has 1 N–H and O–H groups in total. The van der Waals surface area contributed by atoms with Crippen molar-refractivity contribution in [1.82, 2.24) is 5.32 Å². The quantitative estimate of drug-likeness (QED) is 0.389. The molecule has 2 unspecified atom stereocenters. The zero-order valence-electron chi connectivity index (χ0n) is 20.2. The highest BCUT2D eigenvalue weighted by atomic mass is 16.5. The van der Waals surface area contributed by atoms with E-state index in [1.165, 1.54) is 5.56 Å². The van der Waals surface area contributed by atoms with Crippen molar-refractivity contribution in [2.24, 2.45) is 0 Å². The van der Waals surface area contributed by atoms with E-state index in [0.717, 1.165) is 29.0 Å². The highest BCUT2D eigenvalue weighted by Gasteiger charge is 2.33. The number of methoxy groups -OCH3 is 1. The van der Waals surface area contributed by atoms with Crippen LogP contribution in [0.3, 0.4) is 0 Å². The number of nitrogens with one attached hydrogen (secondary N) is 1. The summed E-state index contributed by atoms with van der Waals surface area (Å²) < 4.78 is 22.9. The average molecular weight is 476 g/mol. The fourth-order valence-electron chi connectivity index (χ4n) is 4.14.